The number of hydrogen-bond acceptors (Lipinski definition) is 6. The van der Waals surface area contributed by atoms with Crippen LogP contribution < -0.4 is 5.32 Å². The maximum absolute atomic E-state index is 13.0. The Bertz CT molecular complexity index is 890. The molecule has 0 bridgehead atoms. The van der Waals surface area contributed by atoms with Crippen LogP contribution >= 0.6 is 27.3 Å². The molecule has 1 amide bonds. The van der Waals surface area contributed by atoms with Gasteiger partial charge in [0, 0.05) is 19.5 Å². The largest absolute Gasteiger partial charge is 0.381 e. The minimum Gasteiger partial charge on any atom is -0.381 e. The normalized spacial score (nSPS) is 16.8. The van der Waals surface area contributed by atoms with Gasteiger partial charge in [0.25, 0.3) is 0 Å². The predicted octanol–water partition coefficient (Wildman–Crippen LogP) is 3.85. The molecule has 3 rings (SSSR count). The molecule has 1 aromatic carbocycles. The molecule has 1 fully saturated rings. The van der Waals surface area contributed by atoms with Gasteiger partial charge in [-0.3, -0.25) is 4.79 Å². The second-order valence-electron chi connectivity index (χ2n) is 6.64. The molecule has 0 spiro atoms. The van der Waals surface area contributed by atoms with E-state index in [0.29, 0.717) is 30.7 Å². The van der Waals surface area contributed by atoms with Gasteiger partial charge in [-0.25, -0.2) is 13.4 Å². The first-order chi connectivity index (χ1) is 12.8. The highest BCUT2D eigenvalue weighted by atomic mass is 79.9. The van der Waals surface area contributed by atoms with Gasteiger partial charge in [-0.1, -0.05) is 23.5 Å². The molecular formula is C18H21BrN2O4S2. The average molecular weight is 473 g/mol. The minimum absolute atomic E-state index is 0.129. The lowest BCUT2D eigenvalue weighted by Gasteiger charge is -2.26. The Morgan fingerprint density at radius 1 is 1.33 bits per heavy atom. The van der Waals surface area contributed by atoms with Crippen molar-refractivity contribution in [2.75, 3.05) is 24.8 Å². The summed E-state index contributed by atoms with van der Waals surface area (Å²) in [6.45, 7) is 1.43. The Labute approximate surface area is 171 Å². The number of sulfone groups is 1. The van der Waals surface area contributed by atoms with Crippen molar-refractivity contribution in [2.24, 2.45) is 5.92 Å². The van der Waals surface area contributed by atoms with E-state index >= 15 is 0 Å². The van der Waals surface area contributed by atoms with E-state index in [1.165, 1.54) is 17.6 Å². The van der Waals surface area contributed by atoms with Crippen molar-refractivity contribution in [3.63, 3.8) is 0 Å². The lowest BCUT2D eigenvalue weighted by Crippen LogP contribution is -2.26. The summed E-state index contributed by atoms with van der Waals surface area (Å²) in [6, 6.07) is 6.60. The average Bonchev–Trinajstić information content (AvgIpc) is 3.04. The first-order valence-corrected chi connectivity index (χ1v) is 12.1. The molecule has 1 aliphatic heterocycles. The van der Waals surface area contributed by atoms with E-state index in [1.54, 1.807) is 30.5 Å². The lowest BCUT2D eigenvalue weighted by atomic mass is 9.84. The van der Waals surface area contributed by atoms with Crippen LogP contribution in [-0.2, 0) is 19.4 Å². The summed E-state index contributed by atoms with van der Waals surface area (Å²) < 4.78 is 29.7. The van der Waals surface area contributed by atoms with Crippen molar-refractivity contribution in [2.45, 2.75) is 30.1 Å². The predicted molar refractivity (Wildman–Crippen MR) is 109 cm³/mol. The summed E-state index contributed by atoms with van der Waals surface area (Å²) in [5.41, 5.74) is 0.807. The number of thiazole rings is 1. The Hall–Kier alpha value is -1.29. The molecule has 2 aromatic rings. The first-order valence-electron chi connectivity index (χ1n) is 8.63. The third kappa shape index (κ3) is 5.60. The zero-order valence-electron chi connectivity index (χ0n) is 14.9. The van der Waals surface area contributed by atoms with Crippen molar-refractivity contribution in [1.82, 2.24) is 4.98 Å². The Kier molecular flexibility index (Phi) is 6.67. The smallest absolute Gasteiger partial charge is 0.233 e. The van der Waals surface area contributed by atoms with Crippen molar-refractivity contribution in [3.8, 4) is 0 Å². The summed E-state index contributed by atoms with van der Waals surface area (Å²) >= 11 is 4.70. The fourth-order valence-corrected chi connectivity index (χ4v) is 4.90. The highest BCUT2D eigenvalue weighted by Gasteiger charge is 2.27. The molecule has 27 heavy (non-hydrogen) atoms. The van der Waals surface area contributed by atoms with E-state index in [9.17, 15) is 13.2 Å². The number of hydrogen-bond donors (Lipinski definition) is 1. The summed E-state index contributed by atoms with van der Waals surface area (Å²) in [7, 11) is -3.27. The molecular weight excluding hydrogens is 452 g/mol. The number of nitrogens with one attached hydrogen (secondary N) is 1. The fourth-order valence-electron chi connectivity index (χ4n) is 3.16. The molecule has 1 unspecified atom stereocenters. The minimum atomic E-state index is -3.27. The monoisotopic (exact) mass is 472 g/mol. The molecule has 9 heteroatoms. The van der Waals surface area contributed by atoms with Crippen molar-refractivity contribution < 1.29 is 17.9 Å². The zero-order chi connectivity index (χ0) is 19.4. The number of benzene rings is 1. The van der Waals surface area contributed by atoms with Crippen molar-refractivity contribution >= 4 is 48.1 Å². The standard InChI is InChI=1S/C18H21BrN2O4S2/c1-27(23,24)14-4-2-13(3-5-14)15(10-12-6-8-25-9-7-12)17(22)21-18-20-11-16(19)26-18/h2-5,11-12,15H,6-10H2,1H3,(H,20,21,22). The van der Waals surface area contributed by atoms with Crippen LogP contribution in [0.1, 0.15) is 30.7 Å². The van der Waals surface area contributed by atoms with Gasteiger partial charge in [0.05, 0.1) is 20.8 Å². The number of aromatic nitrogens is 1. The molecule has 1 aliphatic rings. The van der Waals surface area contributed by atoms with Gasteiger partial charge in [0.1, 0.15) is 0 Å². The number of nitrogens with zero attached hydrogens (tertiary/aromatic N) is 1. The Morgan fingerprint density at radius 2 is 2.00 bits per heavy atom. The second kappa shape index (κ2) is 8.81. The molecule has 1 aromatic heterocycles. The number of amides is 1. The topological polar surface area (TPSA) is 85.4 Å². The molecule has 0 radical (unpaired) electrons. The first kappa shape index (κ1) is 20.4. The molecule has 2 heterocycles. The number of ether oxygens (including phenoxy) is 1. The highest BCUT2D eigenvalue weighted by Crippen LogP contribution is 2.32. The van der Waals surface area contributed by atoms with Crippen LogP contribution in [0, 0.1) is 5.92 Å². The molecule has 1 N–H and O–H groups in total. The van der Waals surface area contributed by atoms with Gasteiger partial charge in [-0.05, 0) is 58.8 Å². The third-order valence-corrected chi connectivity index (χ3v) is 7.16. The number of halogens is 1. The van der Waals surface area contributed by atoms with Gasteiger partial charge < -0.3 is 10.1 Å². The number of rotatable bonds is 6. The van der Waals surface area contributed by atoms with E-state index in [1.807, 2.05) is 0 Å². The Morgan fingerprint density at radius 3 is 2.56 bits per heavy atom. The molecule has 1 atom stereocenters. The van der Waals surface area contributed by atoms with Gasteiger partial charge in [0.2, 0.25) is 5.91 Å². The van der Waals surface area contributed by atoms with Crippen LogP contribution in [0.5, 0.6) is 0 Å². The maximum Gasteiger partial charge on any atom is 0.233 e. The van der Waals surface area contributed by atoms with Crippen LogP contribution in [0.3, 0.4) is 0 Å². The lowest BCUT2D eigenvalue weighted by molar-refractivity contribution is -0.118. The Balaban J connectivity index is 1.82. The molecule has 6 nitrogen and oxygen atoms in total. The number of carbonyl (C=O) groups is 1. The van der Waals surface area contributed by atoms with Crippen LogP contribution in [0.4, 0.5) is 5.13 Å². The SMILES string of the molecule is CS(=O)(=O)c1ccc(C(CC2CCOCC2)C(=O)Nc2ncc(Br)s2)cc1. The van der Waals surface area contributed by atoms with Crippen molar-refractivity contribution in [3.05, 3.63) is 39.8 Å². The van der Waals surface area contributed by atoms with Gasteiger partial charge in [0.15, 0.2) is 15.0 Å². The van der Waals surface area contributed by atoms with E-state index in [0.717, 1.165) is 22.2 Å². The zero-order valence-corrected chi connectivity index (χ0v) is 18.1. The second-order valence-corrected chi connectivity index (χ2v) is 11.1. The van der Waals surface area contributed by atoms with Gasteiger partial charge in [-0.2, -0.15) is 0 Å². The van der Waals surface area contributed by atoms with E-state index in [4.69, 9.17) is 4.74 Å². The number of anilines is 1. The van der Waals surface area contributed by atoms with Crippen LogP contribution in [0.25, 0.3) is 0 Å². The summed E-state index contributed by atoms with van der Waals surface area (Å²) in [6.07, 6.45) is 5.37. The molecule has 0 saturated carbocycles. The van der Waals surface area contributed by atoms with Gasteiger partial charge in [-0.15, -0.1) is 0 Å². The maximum atomic E-state index is 13.0. The van der Waals surface area contributed by atoms with E-state index in [-0.39, 0.29) is 16.7 Å². The molecule has 146 valence electrons. The van der Waals surface area contributed by atoms with Crippen LogP contribution in [-0.4, -0.2) is 38.8 Å². The molecule has 0 aliphatic carbocycles. The summed E-state index contributed by atoms with van der Waals surface area (Å²) in [5.74, 6) is -0.105. The van der Waals surface area contributed by atoms with Crippen LogP contribution in [0.2, 0.25) is 0 Å². The van der Waals surface area contributed by atoms with Crippen molar-refractivity contribution in [1.29, 1.82) is 0 Å². The van der Waals surface area contributed by atoms with Gasteiger partial charge >= 0.3 is 0 Å². The molecule has 1 saturated heterocycles. The van der Waals surface area contributed by atoms with E-state index in [2.05, 4.69) is 26.2 Å². The fraction of sp³-hybridized carbons (Fsp3) is 0.444. The summed E-state index contributed by atoms with van der Waals surface area (Å²) in [4.78, 5) is 17.4. The summed E-state index contributed by atoms with van der Waals surface area (Å²) in [5, 5.41) is 3.42. The quantitative estimate of drug-likeness (QED) is 0.689. The third-order valence-electron chi connectivity index (χ3n) is 4.64. The van der Waals surface area contributed by atoms with Crippen LogP contribution in [0.15, 0.2) is 39.1 Å². The highest BCUT2D eigenvalue weighted by molar-refractivity contribution is 9.11. The van der Waals surface area contributed by atoms with E-state index < -0.39 is 9.84 Å². The number of carbonyl (C=O) groups excluding carboxylic acids is 1.